The SMILES string of the molecule is CCCC1=C(C(=O)OC)C(c2cc(C(C)(C)C)c(O)c(C(C)(C)C)c2)NC(=O)N1. The van der Waals surface area contributed by atoms with E-state index in [-0.39, 0.29) is 22.6 Å². The molecule has 0 aromatic heterocycles. The normalized spacial score (nSPS) is 17.7. The topological polar surface area (TPSA) is 87.7 Å². The molecule has 0 fully saturated rings. The molecule has 1 heterocycles. The van der Waals surface area contributed by atoms with Crippen molar-refractivity contribution in [1.82, 2.24) is 10.6 Å². The molecule has 2 rings (SSSR count). The molecule has 0 aliphatic carbocycles. The minimum absolute atomic E-state index is 0.256. The van der Waals surface area contributed by atoms with E-state index in [4.69, 9.17) is 4.74 Å². The van der Waals surface area contributed by atoms with Crippen LogP contribution in [0.15, 0.2) is 23.4 Å². The summed E-state index contributed by atoms with van der Waals surface area (Å²) >= 11 is 0. The molecule has 2 amide bonds. The van der Waals surface area contributed by atoms with Crippen LogP contribution in [0.2, 0.25) is 0 Å². The lowest BCUT2D eigenvalue weighted by Crippen LogP contribution is -2.46. The molecule has 0 bridgehead atoms. The number of hydrogen-bond donors (Lipinski definition) is 3. The smallest absolute Gasteiger partial charge is 0.337 e. The number of esters is 1. The van der Waals surface area contributed by atoms with Crippen molar-refractivity contribution in [1.29, 1.82) is 0 Å². The van der Waals surface area contributed by atoms with Crippen molar-refractivity contribution in [2.75, 3.05) is 7.11 Å². The third-order valence-electron chi connectivity index (χ3n) is 5.14. The van der Waals surface area contributed by atoms with Gasteiger partial charge in [0.2, 0.25) is 0 Å². The second kappa shape index (κ2) is 8.09. The van der Waals surface area contributed by atoms with Gasteiger partial charge < -0.3 is 20.5 Å². The Morgan fingerprint density at radius 2 is 1.62 bits per heavy atom. The van der Waals surface area contributed by atoms with Crippen molar-refractivity contribution < 1.29 is 19.4 Å². The molecule has 1 atom stereocenters. The van der Waals surface area contributed by atoms with Gasteiger partial charge in [-0.1, -0.05) is 54.9 Å². The highest BCUT2D eigenvalue weighted by Crippen LogP contribution is 2.42. The Labute approximate surface area is 173 Å². The highest BCUT2D eigenvalue weighted by atomic mass is 16.5. The molecular formula is C23H34N2O4. The minimum atomic E-state index is -0.652. The molecule has 0 saturated carbocycles. The number of hydrogen-bond acceptors (Lipinski definition) is 4. The Kier molecular flexibility index (Phi) is 6.36. The van der Waals surface area contributed by atoms with Gasteiger partial charge in [0.15, 0.2) is 0 Å². The van der Waals surface area contributed by atoms with Gasteiger partial charge in [-0.15, -0.1) is 0 Å². The van der Waals surface area contributed by atoms with Crippen molar-refractivity contribution in [2.24, 2.45) is 0 Å². The Bertz CT molecular complexity index is 806. The van der Waals surface area contributed by atoms with Crippen LogP contribution in [0.4, 0.5) is 4.79 Å². The molecule has 6 nitrogen and oxygen atoms in total. The van der Waals surface area contributed by atoms with Gasteiger partial charge in [0.25, 0.3) is 0 Å². The first-order chi connectivity index (χ1) is 13.3. The first-order valence-corrected chi connectivity index (χ1v) is 10.1. The molecule has 6 heteroatoms. The first-order valence-electron chi connectivity index (χ1n) is 10.1. The second-order valence-corrected chi connectivity index (χ2v) is 9.63. The van der Waals surface area contributed by atoms with Crippen molar-refractivity contribution in [3.63, 3.8) is 0 Å². The minimum Gasteiger partial charge on any atom is -0.507 e. The van der Waals surface area contributed by atoms with E-state index < -0.39 is 12.0 Å². The number of carbonyl (C=O) groups excluding carboxylic acids is 2. The first kappa shape index (κ1) is 22.8. The maximum Gasteiger partial charge on any atom is 0.337 e. The predicted octanol–water partition coefficient (Wildman–Crippen LogP) is 4.57. The fourth-order valence-corrected chi connectivity index (χ4v) is 3.63. The molecule has 3 N–H and O–H groups in total. The van der Waals surface area contributed by atoms with E-state index in [0.29, 0.717) is 17.7 Å². The number of nitrogens with one attached hydrogen (secondary N) is 2. The van der Waals surface area contributed by atoms with Crippen LogP contribution in [0, 0.1) is 0 Å². The van der Waals surface area contributed by atoms with E-state index in [9.17, 15) is 14.7 Å². The molecule has 0 spiro atoms. The summed E-state index contributed by atoms with van der Waals surface area (Å²) in [5.74, 6) is -0.222. The lowest BCUT2D eigenvalue weighted by atomic mass is 9.77. The van der Waals surface area contributed by atoms with Gasteiger partial charge in [-0.3, -0.25) is 0 Å². The summed E-state index contributed by atoms with van der Waals surface area (Å²) in [5.41, 5.74) is 2.64. The number of allylic oxidation sites excluding steroid dienone is 1. The van der Waals surface area contributed by atoms with Crippen LogP contribution in [-0.4, -0.2) is 24.2 Å². The van der Waals surface area contributed by atoms with Crippen molar-refractivity contribution in [3.8, 4) is 5.75 Å². The fraction of sp³-hybridized carbons (Fsp3) is 0.565. The quantitative estimate of drug-likeness (QED) is 0.644. The van der Waals surface area contributed by atoms with Crippen molar-refractivity contribution in [3.05, 3.63) is 40.1 Å². The zero-order chi connectivity index (χ0) is 22.1. The highest BCUT2D eigenvalue weighted by Gasteiger charge is 2.35. The Hall–Kier alpha value is -2.50. The van der Waals surface area contributed by atoms with Gasteiger partial charge in [-0.05, 0) is 46.1 Å². The number of aromatic hydroxyl groups is 1. The van der Waals surface area contributed by atoms with Gasteiger partial charge in [0, 0.05) is 5.70 Å². The van der Waals surface area contributed by atoms with Crippen LogP contribution in [0.1, 0.15) is 84.0 Å². The van der Waals surface area contributed by atoms with Crippen LogP contribution in [0.3, 0.4) is 0 Å². The number of carbonyl (C=O) groups is 2. The average Bonchev–Trinajstić information content (AvgIpc) is 2.59. The zero-order valence-electron chi connectivity index (χ0n) is 18.8. The highest BCUT2D eigenvalue weighted by molar-refractivity contribution is 5.95. The monoisotopic (exact) mass is 402 g/mol. The summed E-state index contributed by atoms with van der Waals surface area (Å²) in [4.78, 5) is 25.0. The number of phenols is 1. The van der Waals surface area contributed by atoms with Crippen LogP contribution in [-0.2, 0) is 20.4 Å². The zero-order valence-corrected chi connectivity index (χ0v) is 18.8. The predicted molar refractivity (Wildman–Crippen MR) is 114 cm³/mol. The maximum absolute atomic E-state index is 12.7. The van der Waals surface area contributed by atoms with Crippen molar-refractivity contribution >= 4 is 12.0 Å². The summed E-state index contributed by atoms with van der Waals surface area (Å²) in [6.07, 6.45) is 1.34. The molecular weight excluding hydrogens is 368 g/mol. The van der Waals surface area contributed by atoms with Gasteiger partial charge in [-0.25, -0.2) is 9.59 Å². The molecule has 0 saturated heterocycles. The summed E-state index contributed by atoms with van der Waals surface area (Å²) in [6, 6.07) is 2.76. The lowest BCUT2D eigenvalue weighted by molar-refractivity contribution is -0.136. The van der Waals surface area contributed by atoms with E-state index >= 15 is 0 Å². The van der Waals surface area contributed by atoms with Crippen LogP contribution < -0.4 is 10.6 Å². The standard InChI is InChI=1S/C23H34N2O4/c1-9-10-16-17(20(27)29-8)18(25-21(28)24-16)13-11-14(22(2,3)4)19(26)15(12-13)23(5,6)7/h11-12,18,26H,9-10H2,1-8H3,(H2,24,25,28). The van der Waals surface area contributed by atoms with E-state index in [1.807, 2.05) is 60.6 Å². The lowest BCUT2D eigenvalue weighted by Gasteiger charge is -2.33. The number of amides is 2. The summed E-state index contributed by atoms with van der Waals surface area (Å²) in [7, 11) is 1.34. The summed E-state index contributed by atoms with van der Waals surface area (Å²) in [6.45, 7) is 14.1. The molecule has 29 heavy (non-hydrogen) atoms. The summed E-state index contributed by atoms with van der Waals surface area (Å²) < 4.78 is 5.03. The van der Waals surface area contributed by atoms with Gasteiger partial charge in [0.05, 0.1) is 18.7 Å². The van der Waals surface area contributed by atoms with E-state index in [1.54, 1.807) is 0 Å². The van der Waals surface area contributed by atoms with Gasteiger partial charge in [-0.2, -0.15) is 0 Å². The summed E-state index contributed by atoms with van der Waals surface area (Å²) in [5, 5.41) is 16.6. The van der Waals surface area contributed by atoms with E-state index in [2.05, 4.69) is 10.6 Å². The molecule has 1 unspecified atom stereocenters. The average molecular weight is 403 g/mol. The molecule has 1 aliphatic heterocycles. The molecule has 160 valence electrons. The Balaban J connectivity index is 2.80. The number of rotatable bonds is 4. The fourth-order valence-electron chi connectivity index (χ4n) is 3.63. The van der Waals surface area contributed by atoms with E-state index in [1.165, 1.54) is 7.11 Å². The molecule has 1 aromatic carbocycles. The number of ether oxygens (including phenoxy) is 1. The number of benzene rings is 1. The molecule has 0 radical (unpaired) electrons. The number of urea groups is 1. The van der Waals surface area contributed by atoms with E-state index in [0.717, 1.165) is 23.1 Å². The number of methoxy groups -OCH3 is 1. The molecule has 1 aromatic rings. The van der Waals surface area contributed by atoms with Gasteiger partial charge in [0.1, 0.15) is 5.75 Å². The second-order valence-electron chi connectivity index (χ2n) is 9.63. The van der Waals surface area contributed by atoms with Crippen LogP contribution in [0.25, 0.3) is 0 Å². The Morgan fingerprint density at radius 1 is 1.10 bits per heavy atom. The van der Waals surface area contributed by atoms with Crippen LogP contribution in [0.5, 0.6) is 5.75 Å². The third-order valence-corrected chi connectivity index (χ3v) is 5.14. The third kappa shape index (κ3) is 4.74. The van der Waals surface area contributed by atoms with Crippen LogP contribution >= 0.6 is 0 Å². The Morgan fingerprint density at radius 3 is 2.03 bits per heavy atom. The maximum atomic E-state index is 12.7. The number of phenolic OH excluding ortho intramolecular Hbond substituents is 1. The van der Waals surface area contributed by atoms with Gasteiger partial charge >= 0.3 is 12.0 Å². The molecule has 1 aliphatic rings. The van der Waals surface area contributed by atoms with Crippen molar-refractivity contribution in [2.45, 2.75) is 78.2 Å². The largest absolute Gasteiger partial charge is 0.507 e.